The summed E-state index contributed by atoms with van der Waals surface area (Å²) in [7, 11) is 0. The Kier molecular flexibility index (Phi) is 3.25. The first-order chi connectivity index (χ1) is 9.25. The van der Waals surface area contributed by atoms with Crippen molar-refractivity contribution in [1.82, 2.24) is 9.38 Å². The molecule has 0 bridgehead atoms. The van der Waals surface area contributed by atoms with Crippen LogP contribution in [0.25, 0.3) is 5.65 Å². The number of pyridine rings is 1. The van der Waals surface area contributed by atoms with Crippen LogP contribution in [0.3, 0.4) is 0 Å². The fraction of sp³-hybridized carbons (Fsp3) is 0.133. The molecule has 0 aliphatic heterocycles. The zero-order valence-corrected chi connectivity index (χ0v) is 12.1. The molecule has 2 aromatic heterocycles. The summed E-state index contributed by atoms with van der Waals surface area (Å²) in [6.07, 6.45) is 3.84. The molecule has 1 aromatic carbocycles. The number of hydrogen-bond acceptors (Lipinski definition) is 2. The fourth-order valence-corrected chi connectivity index (χ4v) is 2.45. The number of nitrogens with zero attached hydrogens (tertiary/aromatic N) is 2. The van der Waals surface area contributed by atoms with Gasteiger partial charge < -0.3 is 4.74 Å². The standard InChI is InChI=1S/C15H13BrN2O/c1-11-5-2-3-7-14(11)19-10-12-9-17-15-13(16)6-4-8-18(12)15/h2-9H,10H2,1H3. The predicted octanol–water partition coefficient (Wildman–Crippen LogP) is 3.98. The minimum absolute atomic E-state index is 0.502. The fourth-order valence-electron chi connectivity index (χ4n) is 2.00. The Balaban J connectivity index is 1.87. The summed E-state index contributed by atoms with van der Waals surface area (Å²) in [6.45, 7) is 2.54. The normalized spacial score (nSPS) is 10.8. The van der Waals surface area contributed by atoms with Crippen LogP contribution in [0, 0.1) is 6.92 Å². The average molecular weight is 317 g/mol. The zero-order valence-electron chi connectivity index (χ0n) is 10.5. The Bertz CT molecular complexity index is 721. The van der Waals surface area contributed by atoms with Crippen molar-refractivity contribution >= 4 is 21.6 Å². The van der Waals surface area contributed by atoms with E-state index in [4.69, 9.17) is 4.74 Å². The van der Waals surface area contributed by atoms with Gasteiger partial charge in [0.1, 0.15) is 12.4 Å². The lowest BCUT2D eigenvalue weighted by atomic mass is 10.2. The minimum atomic E-state index is 0.502. The smallest absolute Gasteiger partial charge is 0.151 e. The molecule has 0 aliphatic carbocycles. The van der Waals surface area contributed by atoms with Gasteiger partial charge in [-0.1, -0.05) is 18.2 Å². The van der Waals surface area contributed by atoms with Crippen LogP contribution in [-0.2, 0) is 6.61 Å². The third-order valence-corrected chi connectivity index (χ3v) is 3.65. The number of ether oxygens (including phenoxy) is 1. The van der Waals surface area contributed by atoms with Crippen LogP contribution in [-0.4, -0.2) is 9.38 Å². The molecule has 0 N–H and O–H groups in total. The van der Waals surface area contributed by atoms with E-state index in [1.807, 2.05) is 60.1 Å². The van der Waals surface area contributed by atoms with Gasteiger partial charge in [-0.15, -0.1) is 0 Å². The number of benzene rings is 1. The molecule has 0 amide bonds. The molecule has 19 heavy (non-hydrogen) atoms. The van der Waals surface area contributed by atoms with Crippen molar-refractivity contribution < 1.29 is 4.74 Å². The number of aryl methyl sites for hydroxylation is 1. The van der Waals surface area contributed by atoms with Crippen LogP contribution in [0.4, 0.5) is 0 Å². The van der Waals surface area contributed by atoms with E-state index in [2.05, 4.69) is 20.9 Å². The van der Waals surface area contributed by atoms with Gasteiger partial charge in [-0.2, -0.15) is 0 Å². The quantitative estimate of drug-likeness (QED) is 0.730. The van der Waals surface area contributed by atoms with E-state index >= 15 is 0 Å². The highest BCUT2D eigenvalue weighted by Gasteiger charge is 2.06. The first kappa shape index (κ1) is 12.2. The topological polar surface area (TPSA) is 26.5 Å². The number of rotatable bonds is 3. The maximum absolute atomic E-state index is 5.85. The molecule has 96 valence electrons. The lowest BCUT2D eigenvalue weighted by Gasteiger charge is -2.08. The van der Waals surface area contributed by atoms with E-state index in [1.54, 1.807) is 0 Å². The van der Waals surface area contributed by atoms with Crippen molar-refractivity contribution in [1.29, 1.82) is 0 Å². The Hall–Kier alpha value is -1.81. The highest BCUT2D eigenvalue weighted by Crippen LogP contribution is 2.20. The molecule has 0 saturated carbocycles. The molecule has 3 rings (SSSR count). The van der Waals surface area contributed by atoms with Crippen LogP contribution in [0.5, 0.6) is 5.75 Å². The van der Waals surface area contributed by atoms with Crippen molar-refractivity contribution in [2.24, 2.45) is 0 Å². The summed E-state index contributed by atoms with van der Waals surface area (Å²) >= 11 is 3.49. The van der Waals surface area contributed by atoms with Crippen LogP contribution in [0.15, 0.2) is 53.3 Å². The van der Waals surface area contributed by atoms with Crippen molar-refractivity contribution in [3.63, 3.8) is 0 Å². The molecule has 0 fully saturated rings. The van der Waals surface area contributed by atoms with Crippen LogP contribution < -0.4 is 4.74 Å². The molecule has 3 aromatic rings. The second kappa shape index (κ2) is 5.05. The summed E-state index contributed by atoms with van der Waals surface area (Å²) in [5.41, 5.74) is 3.07. The second-order valence-electron chi connectivity index (χ2n) is 4.35. The zero-order chi connectivity index (χ0) is 13.2. The van der Waals surface area contributed by atoms with Crippen molar-refractivity contribution in [3.8, 4) is 5.75 Å². The van der Waals surface area contributed by atoms with Gasteiger partial charge in [-0.25, -0.2) is 4.98 Å². The number of imidazole rings is 1. The van der Waals surface area contributed by atoms with Crippen molar-refractivity contribution in [2.75, 3.05) is 0 Å². The molecule has 2 heterocycles. The summed E-state index contributed by atoms with van der Waals surface area (Å²) in [4.78, 5) is 4.39. The maximum atomic E-state index is 5.85. The Morgan fingerprint density at radius 3 is 2.89 bits per heavy atom. The van der Waals surface area contributed by atoms with Crippen molar-refractivity contribution in [3.05, 3.63) is 64.5 Å². The number of aromatic nitrogens is 2. The monoisotopic (exact) mass is 316 g/mol. The number of fused-ring (bicyclic) bond motifs is 1. The minimum Gasteiger partial charge on any atom is -0.487 e. The molecule has 3 nitrogen and oxygen atoms in total. The summed E-state index contributed by atoms with van der Waals surface area (Å²) in [6, 6.07) is 12.0. The second-order valence-corrected chi connectivity index (χ2v) is 5.21. The molecule has 0 unspecified atom stereocenters. The van der Waals surface area contributed by atoms with Crippen molar-refractivity contribution in [2.45, 2.75) is 13.5 Å². The molecule has 0 saturated heterocycles. The molecule has 0 spiro atoms. The van der Waals surface area contributed by atoms with Gasteiger partial charge >= 0.3 is 0 Å². The highest BCUT2D eigenvalue weighted by molar-refractivity contribution is 9.10. The lowest BCUT2D eigenvalue weighted by molar-refractivity contribution is 0.298. The predicted molar refractivity (Wildman–Crippen MR) is 78.4 cm³/mol. The Morgan fingerprint density at radius 1 is 1.21 bits per heavy atom. The summed E-state index contributed by atoms with van der Waals surface area (Å²) in [5, 5.41) is 0. The van der Waals surface area contributed by atoms with Gasteiger partial charge in [0.25, 0.3) is 0 Å². The molecular weight excluding hydrogens is 304 g/mol. The first-order valence-electron chi connectivity index (χ1n) is 6.04. The third-order valence-electron chi connectivity index (χ3n) is 3.03. The van der Waals surface area contributed by atoms with Gasteiger partial charge in [0.05, 0.1) is 16.4 Å². The van der Waals surface area contributed by atoms with Gasteiger partial charge in [0.2, 0.25) is 0 Å². The molecule has 0 aliphatic rings. The van der Waals surface area contributed by atoms with Gasteiger partial charge in [0.15, 0.2) is 5.65 Å². The summed E-state index contributed by atoms with van der Waals surface area (Å²) in [5.74, 6) is 0.910. The van der Waals surface area contributed by atoms with Crippen LogP contribution >= 0.6 is 15.9 Å². The van der Waals surface area contributed by atoms with E-state index in [1.165, 1.54) is 0 Å². The Labute approximate surface area is 120 Å². The SMILES string of the molecule is Cc1ccccc1OCc1cnc2c(Br)cccn12. The maximum Gasteiger partial charge on any atom is 0.151 e. The molecule has 4 heteroatoms. The van der Waals surface area contributed by atoms with Crippen LogP contribution in [0.1, 0.15) is 11.3 Å². The first-order valence-corrected chi connectivity index (χ1v) is 6.84. The van der Waals surface area contributed by atoms with Crippen LogP contribution in [0.2, 0.25) is 0 Å². The summed E-state index contributed by atoms with van der Waals surface area (Å²) < 4.78 is 8.87. The van der Waals surface area contributed by atoms with Gasteiger partial charge in [-0.3, -0.25) is 4.40 Å². The van der Waals surface area contributed by atoms with E-state index in [9.17, 15) is 0 Å². The Morgan fingerprint density at radius 2 is 2.05 bits per heavy atom. The van der Waals surface area contributed by atoms with Gasteiger partial charge in [0, 0.05) is 6.20 Å². The van der Waals surface area contributed by atoms with E-state index in [0.717, 1.165) is 27.1 Å². The lowest BCUT2D eigenvalue weighted by Crippen LogP contribution is -2.00. The molecular formula is C15H13BrN2O. The molecule has 0 atom stereocenters. The van der Waals surface area contributed by atoms with E-state index < -0.39 is 0 Å². The van der Waals surface area contributed by atoms with E-state index in [-0.39, 0.29) is 0 Å². The van der Waals surface area contributed by atoms with E-state index in [0.29, 0.717) is 6.61 Å². The third kappa shape index (κ3) is 2.36. The van der Waals surface area contributed by atoms with Gasteiger partial charge in [-0.05, 0) is 46.6 Å². The average Bonchev–Trinajstić information content (AvgIpc) is 2.83. The molecule has 0 radical (unpaired) electrons. The highest BCUT2D eigenvalue weighted by atomic mass is 79.9. The number of para-hydroxylation sites is 1. The number of hydrogen-bond donors (Lipinski definition) is 0. The largest absolute Gasteiger partial charge is 0.487 e. The number of halogens is 1.